The summed E-state index contributed by atoms with van der Waals surface area (Å²) in [6, 6.07) is 8.62. The summed E-state index contributed by atoms with van der Waals surface area (Å²) in [4.78, 5) is 26.0. The van der Waals surface area contributed by atoms with Crippen LogP contribution in [-0.2, 0) is 20.9 Å². The van der Waals surface area contributed by atoms with Crippen molar-refractivity contribution in [2.24, 2.45) is 0 Å². The molecule has 1 aromatic rings. The molecule has 1 aliphatic heterocycles. The predicted octanol–water partition coefficient (Wildman–Crippen LogP) is 2.49. The summed E-state index contributed by atoms with van der Waals surface area (Å²) in [6.07, 6.45) is -0.461. The van der Waals surface area contributed by atoms with E-state index < -0.39 is 29.8 Å². The van der Waals surface area contributed by atoms with Gasteiger partial charge in [0.2, 0.25) is 0 Å². The number of aliphatic hydroxyl groups is 1. The van der Waals surface area contributed by atoms with E-state index in [1.807, 2.05) is 30.3 Å². The van der Waals surface area contributed by atoms with Crippen LogP contribution in [0.4, 0.5) is 4.79 Å². The summed E-state index contributed by atoms with van der Waals surface area (Å²) in [5.41, 5.74) is 0.211. The van der Waals surface area contributed by atoms with Crippen molar-refractivity contribution in [1.82, 2.24) is 4.90 Å². The average Bonchev–Trinajstić information content (AvgIpc) is 2.52. The Hall–Kier alpha value is -2.08. The Kier molecular flexibility index (Phi) is 5.83. The van der Waals surface area contributed by atoms with Gasteiger partial charge in [0.15, 0.2) is 0 Å². The molecule has 0 unspecified atom stereocenters. The lowest BCUT2D eigenvalue weighted by Crippen LogP contribution is -2.53. The van der Waals surface area contributed by atoms with Crippen molar-refractivity contribution in [1.29, 1.82) is 0 Å². The van der Waals surface area contributed by atoms with Gasteiger partial charge in [-0.1, -0.05) is 30.3 Å². The first kappa shape index (κ1) is 18.3. The molecule has 0 saturated carbocycles. The molecule has 2 atom stereocenters. The Balaban J connectivity index is 2.01. The lowest BCUT2D eigenvalue weighted by molar-refractivity contribution is -0.153. The number of rotatable bonds is 3. The number of aliphatic hydroxyl groups excluding tert-OH is 1. The maximum absolute atomic E-state index is 12.4. The van der Waals surface area contributed by atoms with Crippen molar-refractivity contribution < 1.29 is 24.2 Å². The fourth-order valence-corrected chi connectivity index (χ4v) is 2.54. The third-order valence-electron chi connectivity index (χ3n) is 3.68. The van der Waals surface area contributed by atoms with Crippen molar-refractivity contribution in [3.8, 4) is 0 Å². The Morgan fingerprint density at radius 2 is 1.88 bits per heavy atom. The molecule has 0 radical (unpaired) electrons. The number of likely N-dealkylation sites (tertiary alicyclic amines) is 1. The van der Waals surface area contributed by atoms with Crippen LogP contribution in [0, 0.1) is 0 Å². The fourth-order valence-electron chi connectivity index (χ4n) is 2.54. The maximum atomic E-state index is 12.4. The first-order valence-corrected chi connectivity index (χ1v) is 8.14. The van der Waals surface area contributed by atoms with Gasteiger partial charge < -0.3 is 14.6 Å². The Labute approximate surface area is 142 Å². The summed E-state index contributed by atoms with van der Waals surface area (Å²) >= 11 is 0. The first-order valence-electron chi connectivity index (χ1n) is 8.14. The van der Waals surface area contributed by atoms with E-state index in [4.69, 9.17) is 9.47 Å². The van der Waals surface area contributed by atoms with Crippen molar-refractivity contribution in [3.63, 3.8) is 0 Å². The third kappa shape index (κ3) is 5.23. The van der Waals surface area contributed by atoms with E-state index in [-0.39, 0.29) is 13.2 Å². The molecule has 0 aromatic heterocycles. The van der Waals surface area contributed by atoms with Gasteiger partial charge in [0.1, 0.15) is 18.2 Å². The van der Waals surface area contributed by atoms with E-state index in [1.54, 1.807) is 20.8 Å². The van der Waals surface area contributed by atoms with Gasteiger partial charge in [0, 0.05) is 0 Å². The van der Waals surface area contributed by atoms with Crippen LogP contribution in [0.3, 0.4) is 0 Å². The zero-order chi connectivity index (χ0) is 17.7. The van der Waals surface area contributed by atoms with Gasteiger partial charge in [-0.05, 0) is 39.2 Å². The van der Waals surface area contributed by atoms with Gasteiger partial charge in [0.05, 0.1) is 12.6 Å². The van der Waals surface area contributed by atoms with Gasteiger partial charge in [0.25, 0.3) is 0 Å². The number of amides is 1. The van der Waals surface area contributed by atoms with Gasteiger partial charge in [-0.3, -0.25) is 4.90 Å². The molecule has 24 heavy (non-hydrogen) atoms. The van der Waals surface area contributed by atoms with Crippen molar-refractivity contribution >= 4 is 12.1 Å². The Bertz CT molecular complexity index is 567. The molecule has 6 heteroatoms. The molecule has 1 fully saturated rings. The normalized spacial score (nSPS) is 21.2. The number of ether oxygens (including phenoxy) is 2. The van der Waals surface area contributed by atoms with Gasteiger partial charge in [-0.15, -0.1) is 0 Å². The van der Waals surface area contributed by atoms with Crippen LogP contribution >= 0.6 is 0 Å². The molecule has 2 rings (SSSR count). The monoisotopic (exact) mass is 335 g/mol. The number of carbonyl (C=O) groups is 2. The molecular weight excluding hydrogens is 310 g/mol. The summed E-state index contributed by atoms with van der Waals surface area (Å²) in [5.74, 6) is -0.475. The maximum Gasteiger partial charge on any atom is 0.411 e. The highest BCUT2D eigenvalue weighted by Gasteiger charge is 2.38. The van der Waals surface area contributed by atoms with Gasteiger partial charge in [-0.2, -0.15) is 0 Å². The molecule has 0 aliphatic carbocycles. The van der Waals surface area contributed by atoms with E-state index in [1.165, 1.54) is 4.90 Å². The molecule has 1 amide bonds. The highest BCUT2D eigenvalue weighted by Crippen LogP contribution is 2.22. The summed E-state index contributed by atoms with van der Waals surface area (Å²) in [6.45, 7) is 5.50. The zero-order valence-corrected chi connectivity index (χ0v) is 14.4. The van der Waals surface area contributed by atoms with E-state index in [0.717, 1.165) is 5.56 Å². The topological polar surface area (TPSA) is 76.1 Å². The number of benzene rings is 1. The minimum absolute atomic E-state index is 0.0695. The molecule has 1 N–H and O–H groups in total. The quantitative estimate of drug-likeness (QED) is 0.859. The summed E-state index contributed by atoms with van der Waals surface area (Å²) in [7, 11) is 0. The second kappa shape index (κ2) is 7.66. The van der Waals surface area contributed by atoms with Crippen LogP contribution in [0.15, 0.2) is 30.3 Å². The molecule has 0 spiro atoms. The predicted molar refractivity (Wildman–Crippen MR) is 88.2 cm³/mol. The Morgan fingerprint density at radius 1 is 1.21 bits per heavy atom. The van der Waals surface area contributed by atoms with Crippen LogP contribution in [0.1, 0.15) is 39.2 Å². The smallest absolute Gasteiger partial charge is 0.411 e. The fraction of sp³-hybridized carbons (Fsp3) is 0.556. The van der Waals surface area contributed by atoms with Gasteiger partial charge in [-0.25, -0.2) is 9.59 Å². The first-order chi connectivity index (χ1) is 11.3. The summed E-state index contributed by atoms with van der Waals surface area (Å²) in [5, 5.41) is 9.83. The largest absolute Gasteiger partial charge is 0.459 e. The van der Waals surface area contributed by atoms with Crippen LogP contribution in [0.5, 0.6) is 0 Å². The molecule has 132 valence electrons. The van der Waals surface area contributed by atoms with Gasteiger partial charge >= 0.3 is 12.1 Å². The second-order valence-electron chi connectivity index (χ2n) is 6.97. The standard InChI is InChI=1S/C18H25NO5/c1-18(2,3)24-17(22)19-11-14(20)9-10-15(19)16(21)23-12-13-7-5-4-6-8-13/h4-8,14-15,20H,9-12H2,1-3H3/t14-,15-/m0/s1. The number of carbonyl (C=O) groups excluding carboxylic acids is 2. The number of hydrogen-bond acceptors (Lipinski definition) is 5. The minimum Gasteiger partial charge on any atom is -0.459 e. The molecule has 1 saturated heterocycles. The van der Waals surface area contributed by atoms with Crippen LogP contribution in [-0.4, -0.2) is 46.4 Å². The lowest BCUT2D eigenvalue weighted by atomic mass is 10.0. The molecule has 1 heterocycles. The van der Waals surface area contributed by atoms with Crippen molar-refractivity contribution in [3.05, 3.63) is 35.9 Å². The van der Waals surface area contributed by atoms with Crippen LogP contribution < -0.4 is 0 Å². The second-order valence-corrected chi connectivity index (χ2v) is 6.97. The number of hydrogen-bond donors (Lipinski definition) is 1. The highest BCUT2D eigenvalue weighted by atomic mass is 16.6. The highest BCUT2D eigenvalue weighted by molar-refractivity contribution is 5.81. The third-order valence-corrected chi connectivity index (χ3v) is 3.68. The number of nitrogens with zero attached hydrogens (tertiary/aromatic N) is 1. The van der Waals surface area contributed by atoms with E-state index in [9.17, 15) is 14.7 Å². The van der Waals surface area contributed by atoms with E-state index in [0.29, 0.717) is 12.8 Å². The van der Waals surface area contributed by atoms with Crippen LogP contribution in [0.25, 0.3) is 0 Å². The number of esters is 1. The Morgan fingerprint density at radius 3 is 2.50 bits per heavy atom. The molecule has 6 nitrogen and oxygen atoms in total. The minimum atomic E-state index is -0.730. The van der Waals surface area contributed by atoms with Crippen molar-refractivity contribution in [2.45, 2.75) is 58.0 Å². The zero-order valence-electron chi connectivity index (χ0n) is 14.4. The molecular formula is C18H25NO5. The summed E-state index contributed by atoms with van der Waals surface area (Å²) < 4.78 is 10.7. The lowest BCUT2D eigenvalue weighted by Gasteiger charge is -2.37. The molecule has 1 aliphatic rings. The molecule has 0 bridgehead atoms. The van der Waals surface area contributed by atoms with Crippen LogP contribution in [0.2, 0.25) is 0 Å². The number of β-amino-alcohol motifs (C(OH)–C–C–N with tert-alkyl or cyclic N) is 1. The SMILES string of the molecule is CC(C)(C)OC(=O)N1C[C@@H](O)CC[C@H]1C(=O)OCc1ccccc1. The average molecular weight is 335 g/mol. The van der Waals surface area contributed by atoms with Crippen molar-refractivity contribution in [2.75, 3.05) is 6.54 Å². The van der Waals surface area contributed by atoms with E-state index >= 15 is 0 Å². The molecule has 1 aromatic carbocycles. The number of piperidine rings is 1. The van der Waals surface area contributed by atoms with E-state index in [2.05, 4.69) is 0 Å².